The lowest BCUT2D eigenvalue weighted by Crippen LogP contribution is -2.11. The fraction of sp³-hybridized carbons (Fsp3) is 0.250. The monoisotopic (exact) mass is 248 g/mol. The number of carboxylic acid groups (broad SMARTS) is 1. The fourth-order valence-corrected chi connectivity index (χ4v) is 1.33. The Bertz CT molecular complexity index is 505. The van der Waals surface area contributed by atoms with Gasteiger partial charge in [0.2, 0.25) is 5.91 Å². The predicted octanol–water partition coefficient (Wildman–Crippen LogP) is 1.64. The van der Waals surface area contributed by atoms with E-state index in [4.69, 9.17) is 15.1 Å². The first-order chi connectivity index (χ1) is 8.58. The van der Waals surface area contributed by atoms with E-state index in [2.05, 4.69) is 5.32 Å². The summed E-state index contributed by atoms with van der Waals surface area (Å²) in [5.41, 5.74) is 0.280. The molecule has 0 aromatic heterocycles. The molecule has 0 bridgehead atoms. The molecule has 0 radical (unpaired) electrons. The highest BCUT2D eigenvalue weighted by molar-refractivity contribution is 5.96. The molecule has 0 atom stereocenters. The number of hydrogen-bond acceptors (Lipinski definition) is 4. The smallest absolute Gasteiger partial charge is 0.339 e. The van der Waals surface area contributed by atoms with Gasteiger partial charge in [0.1, 0.15) is 17.7 Å². The van der Waals surface area contributed by atoms with Gasteiger partial charge in [0.25, 0.3) is 0 Å². The van der Waals surface area contributed by atoms with Crippen LogP contribution in [0.2, 0.25) is 0 Å². The standard InChI is InChI=1S/C12H12N2O4/c1-2-18-10-4-3-8(7-9(10)12(16)17)14-11(15)5-6-13/h3-4,7H,2,5H2,1H3,(H,14,15)(H,16,17). The number of amides is 1. The number of ether oxygens (including phenoxy) is 1. The second-order valence-electron chi connectivity index (χ2n) is 3.33. The van der Waals surface area contributed by atoms with Crippen molar-refractivity contribution in [3.63, 3.8) is 0 Å². The van der Waals surface area contributed by atoms with Crippen molar-refractivity contribution in [1.29, 1.82) is 5.26 Å². The van der Waals surface area contributed by atoms with Gasteiger partial charge in [0, 0.05) is 5.69 Å². The van der Waals surface area contributed by atoms with E-state index in [1.165, 1.54) is 18.2 Å². The third-order valence-electron chi connectivity index (χ3n) is 2.03. The summed E-state index contributed by atoms with van der Waals surface area (Å²) in [6.07, 6.45) is -0.282. The first-order valence-corrected chi connectivity index (χ1v) is 5.25. The maximum atomic E-state index is 11.2. The number of aromatic carboxylic acids is 1. The van der Waals surface area contributed by atoms with Gasteiger partial charge in [-0.15, -0.1) is 0 Å². The molecule has 0 aliphatic carbocycles. The maximum absolute atomic E-state index is 11.2. The van der Waals surface area contributed by atoms with Crippen molar-refractivity contribution in [2.45, 2.75) is 13.3 Å². The third kappa shape index (κ3) is 3.49. The number of nitrogens with zero attached hydrogens (tertiary/aromatic N) is 1. The minimum atomic E-state index is -1.14. The highest BCUT2D eigenvalue weighted by Crippen LogP contribution is 2.23. The van der Waals surface area contributed by atoms with Crippen LogP contribution in [0, 0.1) is 11.3 Å². The van der Waals surface area contributed by atoms with Crippen molar-refractivity contribution in [2.75, 3.05) is 11.9 Å². The Labute approximate surface area is 104 Å². The number of anilines is 1. The largest absolute Gasteiger partial charge is 0.493 e. The number of nitriles is 1. The molecule has 1 amide bonds. The molecule has 1 rings (SSSR count). The first kappa shape index (κ1) is 13.5. The predicted molar refractivity (Wildman–Crippen MR) is 63.4 cm³/mol. The molecule has 0 fully saturated rings. The van der Waals surface area contributed by atoms with Gasteiger partial charge >= 0.3 is 5.97 Å². The molecule has 0 aliphatic rings. The molecule has 0 spiro atoms. The Kier molecular flexibility index (Phi) is 4.69. The Morgan fingerprint density at radius 3 is 2.78 bits per heavy atom. The van der Waals surface area contributed by atoms with Gasteiger partial charge < -0.3 is 15.2 Å². The van der Waals surface area contributed by atoms with Gasteiger partial charge in [0.15, 0.2) is 0 Å². The van der Waals surface area contributed by atoms with E-state index in [1.807, 2.05) is 0 Å². The van der Waals surface area contributed by atoms with E-state index in [9.17, 15) is 9.59 Å². The maximum Gasteiger partial charge on any atom is 0.339 e. The van der Waals surface area contributed by atoms with Crippen LogP contribution in [0.3, 0.4) is 0 Å². The summed E-state index contributed by atoms with van der Waals surface area (Å²) in [5.74, 6) is -1.39. The lowest BCUT2D eigenvalue weighted by Gasteiger charge is -2.09. The number of carboxylic acids is 1. The number of hydrogen-bond donors (Lipinski definition) is 2. The molecular weight excluding hydrogens is 236 g/mol. The zero-order valence-electron chi connectivity index (χ0n) is 9.77. The van der Waals surface area contributed by atoms with Crippen LogP contribution in [0.5, 0.6) is 5.75 Å². The average molecular weight is 248 g/mol. The topological polar surface area (TPSA) is 99.4 Å². The van der Waals surface area contributed by atoms with Crippen molar-refractivity contribution in [2.24, 2.45) is 0 Å². The lowest BCUT2D eigenvalue weighted by atomic mass is 10.1. The molecule has 0 aliphatic heterocycles. The minimum Gasteiger partial charge on any atom is -0.493 e. The van der Waals surface area contributed by atoms with Crippen LogP contribution in [-0.4, -0.2) is 23.6 Å². The Balaban J connectivity index is 2.97. The van der Waals surface area contributed by atoms with Gasteiger partial charge in [-0.25, -0.2) is 4.79 Å². The molecule has 0 saturated heterocycles. The van der Waals surface area contributed by atoms with Gasteiger partial charge in [0.05, 0.1) is 12.7 Å². The Morgan fingerprint density at radius 1 is 1.50 bits per heavy atom. The summed E-state index contributed by atoms with van der Waals surface area (Å²) in [4.78, 5) is 22.2. The van der Waals surface area contributed by atoms with Crippen LogP contribution < -0.4 is 10.1 Å². The molecule has 2 N–H and O–H groups in total. The first-order valence-electron chi connectivity index (χ1n) is 5.25. The Morgan fingerprint density at radius 2 is 2.22 bits per heavy atom. The SMILES string of the molecule is CCOc1ccc(NC(=O)CC#N)cc1C(=O)O. The van der Waals surface area contributed by atoms with Gasteiger partial charge in [-0.05, 0) is 25.1 Å². The normalized spacial score (nSPS) is 9.33. The van der Waals surface area contributed by atoms with E-state index in [0.717, 1.165) is 0 Å². The van der Waals surface area contributed by atoms with Crippen LogP contribution in [0.15, 0.2) is 18.2 Å². The molecule has 1 aromatic rings. The second kappa shape index (κ2) is 6.25. The van der Waals surface area contributed by atoms with E-state index in [0.29, 0.717) is 12.3 Å². The van der Waals surface area contributed by atoms with Gasteiger partial charge in [-0.1, -0.05) is 0 Å². The zero-order chi connectivity index (χ0) is 13.5. The number of benzene rings is 1. The molecule has 6 heteroatoms. The fourth-order valence-electron chi connectivity index (χ4n) is 1.33. The van der Waals surface area contributed by atoms with Crippen molar-refractivity contribution in [1.82, 2.24) is 0 Å². The summed E-state index contributed by atoms with van der Waals surface area (Å²) in [5, 5.41) is 19.8. The number of rotatable bonds is 5. The molecule has 0 heterocycles. The Hall–Kier alpha value is -2.55. The molecule has 6 nitrogen and oxygen atoms in total. The zero-order valence-corrected chi connectivity index (χ0v) is 9.77. The van der Waals surface area contributed by atoms with Crippen LogP contribution >= 0.6 is 0 Å². The minimum absolute atomic E-state index is 0.0355. The summed E-state index contributed by atoms with van der Waals surface area (Å²) in [6.45, 7) is 2.09. The third-order valence-corrected chi connectivity index (χ3v) is 2.03. The molecule has 0 saturated carbocycles. The van der Waals surface area contributed by atoms with Gasteiger partial charge in [-0.2, -0.15) is 5.26 Å². The van der Waals surface area contributed by atoms with Crippen LogP contribution in [0.25, 0.3) is 0 Å². The van der Waals surface area contributed by atoms with Crippen molar-refractivity contribution in [3.05, 3.63) is 23.8 Å². The summed E-state index contributed by atoms with van der Waals surface area (Å²) in [6, 6.07) is 5.99. The van der Waals surface area contributed by atoms with Gasteiger partial charge in [-0.3, -0.25) is 4.79 Å². The molecular formula is C12H12N2O4. The van der Waals surface area contributed by atoms with E-state index in [-0.39, 0.29) is 17.7 Å². The molecule has 0 unspecified atom stereocenters. The second-order valence-corrected chi connectivity index (χ2v) is 3.33. The molecule has 18 heavy (non-hydrogen) atoms. The average Bonchev–Trinajstić information content (AvgIpc) is 2.31. The molecule has 94 valence electrons. The number of carbonyl (C=O) groups is 2. The van der Waals surface area contributed by atoms with Crippen molar-refractivity contribution < 1.29 is 19.4 Å². The van der Waals surface area contributed by atoms with Crippen molar-refractivity contribution >= 4 is 17.6 Å². The van der Waals surface area contributed by atoms with E-state index < -0.39 is 11.9 Å². The van der Waals surface area contributed by atoms with E-state index >= 15 is 0 Å². The highest BCUT2D eigenvalue weighted by Gasteiger charge is 2.13. The summed E-state index contributed by atoms with van der Waals surface area (Å²) in [7, 11) is 0. The van der Waals surface area contributed by atoms with Crippen LogP contribution in [-0.2, 0) is 4.79 Å². The van der Waals surface area contributed by atoms with Crippen LogP contribution in [0.1, 0.15) is 23.7 Å². The summed E-state index contributed by atoms with van der Waals surface area (Å²) >= 11 is 0. The highest BCUT2D eigenvalue weighted by atomic mass is 16.5. The number of carbonyl (C=O) groups excluding carboxylic acids is 1. The van der Waals surface area contributed by atoms with Crippen LogP contribution in [0.4, 0.5) is 5.69 Å². The quantitative estimate of drug-likeness (QED) is 0.825. The van der Waals surface area contributed by atoms with E-state index in [1.54, 1.807) is 13.0 Å². The van der Waals surface area contributed by atoms with Crippen molar-refractivity contribution in [3.8, 4) is 11.8 Å². The lowest BCUT2D eigenvalue weighted by molar-refractivity contribution is -0.115. The summed E-state index contributed by atoms with van der Waals surface area (Å²) < 4.78 is 5.16. The molecule has 1 aromatic carbocycles. The number of nitrogens with one attached hydrogen (secondary N) is 1.